The molecule has 0 saturated heterocycles. The molecule has 7 heteroatoms. The average molecular weight is 477 g/mol. The van der Waals surface area contributed by atoms with Crippen molar-refractivity contribution < 1.29 is 33.2 Å². The molecule has 5 rings (SSSR count). The third-order valence-corrected chi connectivity index (χ3v) is 7.20. The summed E-state index contributed by atoms with van der Waals surface area (Å²) in [6, 6.07) is 13.5. The number of ether oxygens (including phenoxy) is 6. The SMILES string of the molecule is COc1ccc([C@H]2c3cc(OC)c(OC)cc3[C@@H]3c4cc(OC)c(OC)cc4C(=O)[C@@H]32)cc1OC. The number of methoxy groups -OCH3 is 6. The van der Waals surface area contributed by atoms with Gasteiger partial charge in [-0.2, -0.15) is 0 Å². The van der Waals surface area contributed by atoms with Crippen LogP contribution >= 0.6 is 0 Å². The summed E-state index contributed by atoms with van der Waals surface area (Å²) in [5.41, 5.74) is 4.60. The molecule has 0 N–H and O–H groups in total. The van der Waals surface area contributed by atoms with Crippen molar-refractivity contribution in [1.29, 1.82) is 0 Å². The molecule has 0 fully saturated rings. The predicted molar refractivity (Wildman–Crippen MR) is 130 cm³/mol. The van der Waals surface area contributed by atoms with Crippen molar-refractivity contribution in [2.75, 3.05) is 42.7 Å². The molecule has 3 aromatic carbocycles. The molecule has 0 aromatic heterocycles. The zero-order valence-corrected chi connectivity index (χ0v) is 20.6. The van der Waals surface area contributed by atoms with Gasteiger partial charge in [-0.3, -0.25) is 4.79 Å². The molecule has 3 atom stereocenters. The van der Waals surface area contributed by atoms with Crippen LogP contribution in [0.5, 0.6) is 34.5 Å². The van der Waals surface area contributed by atoms with Gasteiger partial charge in [0, 0.05) is 23.3 Å². The summed E-state index contributed by atoms with van der Waals surface area (Å²) < 4.78 is 33.3. The van der Waals surface area contributed by atoms with Crippen LogP contribution in [0.1, 0.15) is 44.4 Å². The number of benzene rings is 3. The van der Waals surface area contributed by atoms with Gasteiger partial charge in [0.15, 0.2) is 40.3 Å². The van der Waals surface area contributed by atoms with Crippen LogP contribution in [0.15, 0.2) is 42.5 Å². The molecule has 0 unspecified atom stereocenters. The number of ketones is 1. The van der Waals surface area contributed by atoms with E-state index in [1.54, 1.807) is 48.7 Å². The molecule has 0 saturated carbocycles. The van der Waals surface area contributed by atoms with E-state index >= 15 is 0 Å². The van der Waals surface area contributed by atoms with Crippen molar-refractivity contribution in [2.45, 2.75) is 11.8 Å². The lowest BCUT2D eigenvalue weighted by molar-refractivity contribution is 0.0925. The Hall–Kier alpha value is -3.87. The number of hydrogen-bond acceptors (Lipinski definition) is 7. The van der Waals surface area contributed by atoms with Gasteiger partial charge in [-0.1, -0.05) is 6.07 Å². The maximum Gasteiger partial charge on any atom is 0.168 e. The van der Waals surface area contributed by atoms with E-state index in [2.05, 4.69) is 0 Å². The Morgan fingerprint density at radius 3 is 1.51 bits per heavy atom. The first-order chi connectivity index (χ1) is 17.0. The van der Waals surface area contributed by atoms with E-state index in [0.29, 0.717) is 40.1 Å². The van der Waals surface area contributed by atoms with Gasteiger partial charge in [0.25, 0.3) is 0 Å². The molecule has 2 aliphatic rings. The fraction of sp³-hybridized carbons (Fsp3) is 0.321. The Kier molecular flexibility index (Phi) is 5.71. The molecule has 0 aliphatic heterocycles. The second-order valence-electron chi connectivity index (χ2n) is 8.59. The molecule has 0 bridgehead atoms. The minimum atomic E-state index is -0.341. The third-order valence-electron chi connectivity index (χ3n) is 7.20. The lowest BCUT2D eigenvalue weighted by atomic mass is 9.82. The van der Waals surface area contributed by atoms with Gasteiger partial charge >= 0.3 is 0 Å². The maximum atomic E-state index is 14.0. The largest absolute Gasteiger partial charge is 0.493 e. The zero-order valence-electron chi connectivity index (χ0n) is 20.6. The minimum absolute atomic E-state index is 0.0693. The number of rotatable bonds is 7. The summed E-state index contributed by atoms with van der Waals surface area (Å²) in [4.78, 5) is 14.0. The lowest BCUT2D eigenvalue weighted by Gasteiger charge is -2.21. The molecule has 7 nitrogen and oxygen atoms in total. The highest BCUT2D eigenvalue weighted by atomic mass is 16.5. The number of Topliss-reactive ketones (excluding diaryl/α,β-unsaturated/α-hetero) is 1. The van der Waals surface area contributed by atoms with Gasteiger partial charge in [-0.25, -0.2) is 0 Å². The van der Waals surface area contributed by atoms with Crippen LogP contribution in [-0.2, 0) is 0 Å². The van der Waals surface area contributed by atoms with E-state index in [0.717, 1.165) is 22.3 Å². The summed E-state index contributed by atoms with van der Waals surface area (Å²) >= 11 is 0. The molecule has 0 heterocycles. The number of hydrogen-bond donors (Lipinski definition) is 0. The molecule has 0 amide bonds. The Bertz CT molecular complexity index is 1290. The van der Waals surface area contributed by atoms with E-state index in [9.17, 15) is 4.79 Å². The molecule has 3 aromatic rings. The first-order valence-corrected chi connectivity index (χ1v) is 11.3. The molecular weight excluding hydrogens is 448 g/mol. The summed E-state index contributed by atoms with van der Waals surface area (Å²) in [6.07, 6.45) is 0. The zero-order chi connectivity index (χ0) is 24.9. The van der Waals surface area contributed by atoms with Gasteiger partial charge in [0.05, 0.1) is 42.7 Å². The lowest BCUT2D eigenvalue weighted by Crippen LogP contribution is -2.17. The van der Waals surface area contributed by atoms with Crippen molar-refractivity contribution in [2.24, 2.45) is 5.92 Å². The standard InChI is InChI=1S/C28H28O7/c1-30-19-8-7-14(9-20(19)31-2)25-15-10-21(32-3)22(33-4)11-16(15)26-17-12-23(34-5)24(35-6)13-18(17)28(29)27(25)26/h7-13,25-27H,1-6H3/t25-,26+,27+/m0/s1. The predicted octanol–water partition coefficient (Wildman–Crippen LogP) is 4.83. The average Bonchev–Trinajstić information content (AvgIpc) is 3.37. The van der Waals surface area contributed by atoms with Crippen LogP contribution < -0.4 is 28.4 Å². The van der Waals surface area contributed by atoms with E-state index < -0.39 is 0 Å². The normalized spacial score (nSPS) is 19.5. The quantitative estimate of drug-likeness (QED) is 0.484. The molecule has 0 spiro atoms. The third kappa shape index (κ3) is 3.29. The van der Waals surface area contributed by atoms with Crippen LogP contribution in [0.25, 0.3) is 0 Å². The second-order valence-corrected chi connectivity index (χ2v) is 8.59. The van der Waals surface area contributed by atoms with Crippen molar-refractivity contribution in [3.8, 4) is 34.5 Å². The Balaban J connectivity index is 1.77. The van der Waals surface area contributed by atoms with E-state index in [4.69, 9.17) is 28.4 Å². The van der Waals surface area contributed by atoms with E-state index in [1.807, 2.05) is 36.4 Å². The number of fused-ring (bicyclic) bond motifs is 5. The summed E-state index contributed by atoms with van der Waals surface area (Å²) in [5, 5.41) is 0. The first-order valence-electron chi connectivity index (χ1n) is 11.3. The second kappa shape index (κ2) is 8.73. The van der Waals surface area contributed by atoms with Crippen molar-refractivity contribution in [3.05, 3.63) is 70.3 Å². The first kappa shape index (κ1) is 22.9. The topological polar surface area (TPSA) is 72.5 Å². The van der Waals surface area contributed by atoms with Crippen molar-refractivity contribution in [1.82, 2.24) is 0 Å². The van der Waals surface area contributed by atoms with Gasteiger partial charge in [0.1, 0.15) is 0 Å². The van der Waals surface area contributed by atoms with Gasteiger partial charge in [0.2, 0.25) is 0 Å². The van der Waals surface area contributed by atoms with Crippen LogP contribution in [0.4, 0.5) is 0 Å². The highest BCUT2D eigenvalue weighted by molar-refractivity contribution is 6.06. The summed E-state index contributed by atoms with van der Waals surface area (Å²) in [7, 11) is 9.61. The van der Waals surface area contributed by atoms with E-state index in [-0.39, 0.29) is 23.5 Å². The summed E-state index contributed by atoms with van der Waals surface area (Å²) in [6.45, 7) is 0. The summed E-state index contributed by atoms with van der Waals surface area (Å²) in [5.74, 6) is 2.97. The fourth-order valence-corrected chi connectivity index (χ4v) is 5.67. The van der Waals surface area contributed by atoms with Crippen LogP contribution in [-0.4, -0.2) is 48.4 Å². The van der Waals surface area contributed by atoms with Crippen molar-refractivity contribution >= 4 is 5.78 Å². The fourth-order valence-electron chi connectivity index (χ4n) is 5.67. The van der Waals surface area contributed by atoms with Gasteiger partial charge < -0.3 is 28.4 Å². The Morgan fingerprint density at radius 1 is 0.514 bits per heavy atom. The van der Waals surface area contributed by atoms with Crippen LogP contribution in [0, 0.1) is 5.92 Å². The van der Waals surface area contributed by atoms with Crippen LogP contribution in [0.3, 0.4) is 0 Å². The monoisotopic (exact) mass is 476 g/mol. The molecule has 0 radical (unpaired) electrons. The smallest absolute Gasteiger partial charge is 0.168 e. The highest BCUT2D eigenvalue weighted by Crippen LogP contribution is 2.60. The molecular formula is C28H28O7. The highest BCUT2D eigenvalue weighted by Gasteiger charge is 2.52. The number of carbonyl (C=O) groups is 1. The number of carbonyl (C=O) groups excluding carboxylic acids is 1. The molecule has 182 valence electrons. The Labute approximate surface area is 204 Å². The van der Waals surface area contributed by atoms with Gasteiger partial charge in [-0.15, -0.1) is 0 Å². The van der Waals surface area contributed by atoms with Crippen molar-refractivity contribution in [3.63, 3.8) is 0 Å². The molecule has 35 heavy (non-hydrogen) atoms. The van der Waals surface area contributed by atoms with E-state index in [1.165, 1.54) is 0 Å². The Morgan fingerprint density at radius 2 is 0.971 bits per heavy atom. The molecule has 2 aliphatic carbocycles. The van der Waals surface area contributed by atoms with Gasteiger partial charge in [-0.05, 0) is 58.7 Å². The maximum absolute atomic E-state index is 14.0. The van der Waals surface area contributed by atoms with Crippen LogP contribution in [0.2, 0.25) is 0 Å². The minimum Gasteiger partial charge on any atom is -0.493 e.